The number of hydrogen-bond acceptors (Lipinski definition) is 9. The Labute approximate surface area is 202 Å². The number of aliphatic hydroxyl groups excluding tert-OH is 2. The first-order valence-electron chi connectivity index (χ1n) is 11.4. The van der Waals surface area contributed by atoms with Crippen LogP contribution in [0.15, 0.2) is 23.0 Å². The standard InChI is InChI=1S/C25H31N3O7/c1-10-6-12(9-27(2)3)19(29)16-13(10)7-11-8-14-18(28(4)5)21(31)17(24(26)34)23(33)25(14,35)22(32)15(11)20(16)30/h6,11,14,18,29-30,33,35H,7-9H2,1-5H3,(H2,26,34)/t11-,14-,18-,25-/m0/s1. The van der Waals surface area contributed by atoms with Crippen LogP contribution in [0.2, 0.25) is 0 Å². The second kappa shape index (κ2) is 8.18. The number of ketones is 2. The highest BCUT2D eigenvalue weighted by molar-refractivity contribution is 6.24. The summed E-state index contributed by atoms with van der Waals surface area (Å²) in [5.41, 5.74) is 3.93. The maximum Gasteiger partial charge on any atom is 0.255 e. The Balaban J connectivity index is 1.97. The summed E-state index contributed by atoms with van der Waals surface area (Å²) < 4.78 is 0. The number of benzene rings is 1. The number of phenolic OH excluding ortho intramolecular Hbond substituents is 1. The second-order valence-corrected chi connectivity index (χ2v) is 10.3. The summed E-state index contributed by atoms with van der Waals surface area (Å²) in [6.07, 6.45) is 0.363. The van der Waals surface area contributed by atoms with Crippen LogP contribution in [0, 0.1) is 18.8 Å². The van der Waals surface area contributed by atoms with E-state index >= 15 is 0 Å². The maximum atomic E-state index is 13.8. The number of carbonyl (C=O) groups is 3. The summed E-state index contributed by atoms with van der Waals surface area (Å²) in [6, 6.07) is 0.748. The summed E-state index contributed by atoms with van der Waals surface area (Å²) in [4.78, 5) is 42.3. The van der Waals surface area contributed by atoms with Gasteiger partial charge in [0.25, 0.3) is 5.91 Å². The lowest BCUT2D eigenvalue weighted by Gasteiger charge is -2.50. The van der Waals surface area contributed by atoms with E-state index in [0.29, 0.717) is 17.7 Å². The molecule has 188 valence electrons. The number of nitrogens with zero attached hydrogens (tertiary/aromatic N) is 2. The molecule has 0 aliphatic heterocycles. The Bertz CT molecular complexity index is 1230. The van der Waals surface area contributed by atoms with Crippen molar-refractivity contribution in [2.24, 2.45) is 17.6 Å². The van der Waals surface area contributed by atoms with E-state index in [4.69, 9.17) is 5.73 Å². The van der Waals surface area contributed by atoms with E-state index in [0.717, 1.165) is 5.56 Å². The lowest BCUT2D eigenvalue weighted by Crippen LogP contribution is -2.65. The molecule has 0 radical (unpaired) electrons. The third kappa shape index (κ3) is 3.39. The summed E-state index contributed by atoms with van der Waals surface area (Å²) >= 11 is 0. The molecule has 0 unspecified atom stereocenters. The summed E-state index contributed by atoms with van der Waals surface area (Å²) in [6.45, 7) is 2.25. The fourth-order valence-corrected chi connectivity index (χ4v) is 6.03. The minimum absolute atomic E-state index is 0.0748. The SMILES string of the molecule is Cc1cc(CN(C)C)c(O)c2c1C[C@H]1C[C@H]3[C@H](N(C)C)C(=O)C(C(N)=O)=C(O)[C@@]3(O)C(=O)C1=C2O. The number of amides is 1. The van der Waals surface area contributed by atoms with Crippen molar-refractivity contribution in [1.82, 2.24) is 9.80 Å². The predicted octanol–water partition coefficient (Wildman–Crippen LogP) is 0.334. The number of hydrogen-bond donors (Lipinski definition) is 5. The summed E-state index contributed by atoms with van der Waals surface area (Å²) in [7, 11) is 6.81. The van der Waals surface area contributed by atoms with Gasteiger partial charge in [0.2, 0.25) is 5.78 Å². The fourth-order valence-electron chi connectivity index (χ4n) is 6.03. The van der Waals surface area contributed by atoms with E-state index in [2.05, 4.69) is 0 Å². The first-order chi connectivity index (χ1) is 16.2. The molecular weight excluding hydrogens is 454 g/mol. The predicted molar refractivity (Wildman–Crippen MR) is 126 cm³/mol. The van der Waals surface area contributed by atoms with Crippen molar-refractivity contribution in [3.63, 3.8) is 0 Å². The van der Waals surface area contributed by atoms with Gasteiger partial charge in [-0.15, -0.1) is 0 Å². The van der Waals surface area contributed by atoms with E-state index in [1.807, 2.05) is 32.0 Å². The number of carbonyl (C=O) groups excluding carboxylic acids is 3. The van der Waals surface area contributed by atoms with Crippen LogP contribution >= 0.6 is 0 Å². The summed E-state index contributed by atoms with van der Waals surface area (Å²) in [5.74, 6) is -6.40. The second-order valence-electron chi connectivity index (χ2n) is 10.3. The van der Waals surface area contributed by atoms with Gasteiger partial charge in [-0.1, -0.05) is 6.07 Å². The normalized spacial score (nSPS) is 28.4. The molecule has 0 heterocycles. The first kappa shape index (κ1) is 24.9. The van der Waals surface area contributed by atoms with Crippen molar-refractivity contribution in [2.45, 2.75) is 38.0 Å². The number of aryl methyl sites for hydroxylation is 1. The van der Waals surface area contributed by atoms with E-state index in [9.17, 15) is 34.8 Å². The highest BCUT2D eigenvalue weighted by Crippen LogP contribution is 2.53. The number of aromatic hydroxyl groups is 1. The van der Waals surface area contributed by atoms with Crippen LogP contribution in [0.3, 0.4) is 0 Å². The third-order valence-corrected chi connectivity index (χ3v) is 7.51. The molecule has 1 fully saturated rings. The van der Waals surface area contributed by atoms with Crippen LogP contribution in [-0.2, 0) is 27.3 Å². The van der Waals surface area contributed by atoms with Gasteiger partial charge in [0.05, 0.1) is 11.6 Å². The number of primary amides is 1. The molecule has 1 saturated carbocycles. The lowest BCUT2D eigenvalue weighted by atomic mass is 9.57. The van der Waals surface area contributed by atoms with Crippen LogP contribution in [0.4, 0.5) is 0 Å². The molecule has 6 N–H and O–H groups in total. The number of likely N-dealkylation sites (N-methyl/N-ethyl adjacent to an activating group) is 1. The topological polar surface area (TPSA) is 165 Å². The molecule has 0 aromatic heterocycles. The number of phenols is 1. The molecular formula is C25H31N3O7. The average molecular weight is 486 g/mol. The van der Waals surface area contributed by atoms with E-state index in [1.165, 1.54) is 4.90 Å². The van der Waals surface area contributed by atoms with Gasteiger partial charge in [0.15, 0.2) is 11.4 Å². The molecule has 35 heavy (non-hydrogen) atoms. The van der Waals surface area contributed by atoms with Gasteiger partial charge >= 0.3 is 0 Å². The van der Waals surface area contributed by atoms with Crippen molar-refractivity contribution in [1.29, 1.82) is 0 Å². The van der Waals surface area contributed by atoms with Gasteiger partial charge in [-0.05, 0) is 65.0 Å². The van der Waals surface area contributed by atoms with E-state index in [-0.39, 0.29) is 29.7 Å². The zero-order chi connectivity index (χ0) is 26.1. The molecule has 10 nitrogen and oxygen atoms in total. The quantitative estimate of drug-likeness (QED) is 0.378. The molecule has 3 aliphatic rings. The van der Waals surface area contributed by atoms with Gasteiger partial charge in [-0.3, -0.25) is 19.3 Å². The zero-order valence-electron chi connectivity index (χ0n) is 20.4. The molecule has 3 aliphatic carbocycles. The Morgan fingerprint density at radius 3 is 2.34 bits per heavy atom. The minimum atomic E-state index is -2.63. The largest absolute Gasteiger partial charge is 0.508 e. The molecule has 1 aromatic rings. The van der Waals surface area contributed by atoms with Crippen LogP contribution in [0.1, 0.15) is 28.7 Å². The molecule has 1 amide bonds. The van der Waals surface area contributed by atoms with Crippen molar-refractivity contribution >= 4 is 23.2 Å². The van der Waals surface area contributed by atoms with Gasteiger partial charge in [0, 0.05) is 23.6 Å². The number of Topliss-reactive ketones (excluding diaryl/α,β-unsaturated/α-hetero) is 2. The molecule has 1 aromatic carbocycles. The van der Waals surface area contributed by atoms with Crippen LogP contribution in [-0.4, -0.2) is 87.5 Å². The number of rotatable bonds is 4. The van der Waals surface area contributed by atoms with Crippen LogP contribution in [0.5, 0.6) is 5.75 Å². The van der Waals surface area contributed by atoms with Crippen molar-refractivity contribution in [2.75, 3.05) is 28.2 Å². The Hall–Kier alpha value is -3.21. The van der Waals surface area contributed by atoms with E-state index in [1.54, 1.807) is 14.1 Å². The third-order valence-electron chi connectivity index (χ3n) is 7.51. The van der Waals surface area contributed by atoms with Crippen molar-refractivity contribution in [3.8, 4) is 5.75 Å². The minimum Gasteiger partial charge on any atom is -0.508 e. The molecule has 4 rings (SSSR count). The molecule has 10 heteroatoms. The lowest BCUT2D eigenvalue weighted by molar-refractivity contribution is -0.153. The van der Waals surface area contributed by atoms with Gasteiger partial charge in [-0.2, -0.15) is 0 Å². The Morgan fingerprint density at radius 1 is 1.17 bits per heavy atom. The zero-order valence-corrected chi connectivity index (χ0v) is 20.4. The van der Waals surface area contributed by atoms with Crippen molar-refractivity contribution < 1.29 is 34.8 Å². The van der Waals surface area contributed by atoms with Gasteiger partial charge in [-0.25, -0.2) is 0 Å². The number of nitrogens with two attached hydrogens (primary N) is 1. The molecule has 0 bridgehead atoms. The Morgan fingerprint density at radius 2 is 1.80 bits per heavy atom. The highest BCUT2D eigenvalue weighted by atomic mass is 16.3. The van der Waals surface area contributed by atoms with Gasteiger partial charge < -0.3 is 31.1 Å². The maximum absolute atomic E-state index is 13.8. The smallest absolute Gasteiger partial charge is 0.255 e. The van der Waals surface area contributed by atoms with Gasteiger partial charge in [0.1, 0.15) is 22.8 Å². The first-order valence-corrected chi connectivity index (χ1v) is 11.4. The van der Waals surface area contributed by atoms with E-state index < -0.39 is 58.0 Å². The number of fused-ring (bicyclic) bond motifs is 3. The molecule has 4 atom stereocenters. The molecule has 0 spiro atoms. The van der Waals surface area contributed by atoms with Crippen LogP contribution < -0.4 is 5.73 Å². The Kier molecular flexibility index (Phi) is 5.82. The molecule has 0 saturated heterocycles. The average Bonchev–Trinajstić information content (AvgIpc) is 2.73. The van der Waals surface area contributed by atoms with Crippen molar-refractivity contribution in [3.05, 3.63) is 45.2 Å². The number of aliphatic hydroxyl groups is 3. The van der Waals surface area contributed by atoms with Crippen LogP contribution in [0.25, 0.3) is 5.76 Å². The fraction of sp³-hybridized carbons (Fsp3) is 0.480. The monoisotopic (exact) mass is 485 g/mol. The summed E-state index contributed by atoms with van der Waals surface area (Å²) in [5, 5.41) is 44.8. The highest BCUT2D eigenvalue weighted by Gasteiger charge is 2.64.